The molecule has 2 heterocycles. The van der Waals surface area contributed by atoms with Gasteiger partial charge >= 0.3 is 0 Å². The first-order valence-corrected chi connectivity index (χ1v) is 6.91. The monoisotopic (exact) mass is 254 g/mol. The number of hydrogen-bond acceptors (Lipinski definition) is 4. The number of hydrogen-bond donors (Lipinski definition) is 2. The van der Waals surface area contributed by atoms with Crippen LogP contribution in [0.1, 0.15) is 23.0 Å². The molecule has 3 nitrogen and oxygen atoms in total. The summed E-state index contributed by atoms with van der Waals surface area (Å²) >= 11 is 3.19. The van der Waals surface area contributed by atoms with E-state index in [9.17, 15) is 4.79 Å². The molecule has 0 spiro atoms. The number of fused-ring (bicyclic) bond motifs is 1. The normalized spacial score (nSPS) is 12.9. The lowest BCUT2D eigenvalue weighted by molar-refractivity contribution is 0.0955. The summed E-state index contributed by atoms with van der Waals surface area (Å²) in [7, 11) is 0. The van der Waals surface area contributed by atoms with E-state index >= 15 is 0 Å². The van der Waals surface area contributed by atoms with E-state index in [-0.39, 0.29) is 11.9 Å². The predicted molar refractivity (Wildman–Crippen MR) is 70.3 cm³/mol. The van der Waals surface area contributed by atoms with Gasteiger partial charge in [-0.2, -0.15) is 0 Å². The first-order chi connectivity index (χ1) is 7.70. The third-order valence-corrected chi connectivity index (χ3v) is 4.50. The van der Waals surface area contributed by atoms with Gasteiger partial charge in [-0.3, -0.25) is 4.79 Å². The number of nitrogens with two attached hydrogens (primary N) is 1. The van der Waals surface area contributed by atoms with Crippen LogP contribution in [0, 0.1) is 0 Å². The van der Waals surface area contributed by atoms with Crippen LogP contribution in [0.5, 0.6) is 0 Å². The smallest absolute Gasteiger partial charge is 0.261 e. The minimum absolute atomic E-state index is 0.0164. The van der Waals surface area contributed by atoms with Crippen molar-refractivity contribution < 1.29 is 4.79 Å². The highest BCUT2D eigenvalue weighted by Crippen LogP contribution is 2.29. The zero-order valence-electron chi connectivity index (χ0n) is 9.03. The maximum Gasteiger partial charge on any atom is 0.261 e. The summed E-state index contributed by atoms with van der Waals surface area (Å²) in [6.07, 6.45) is 0.875. The van der Waals surface area contributed by atoms with Crippen LogP contribution in [-0.2, 0) is 0 Å². The lowest BCUT2D eigenvalue weighted by Gasteiger charge is -2.08. The third-order valence-electron chi connectivity index (χ3n) is 2.41. The standard InChI is InChI=1S/C11H14N2OS2/c1-2-7(12)6-13-11(14)10-5-9-8(16-10)3-4-15-9/h3-5,7H,2,6,12H2,1H3,(H,13,14). The van der Waals surface area contributed by atoms with Crippen molar-refractivity contribution in [3.8, 4) is 0 Å². The number of amides is 1. The Bertz CT molecular complexity index is 460. The summed E-state index contributed by atoms with van der Waals surface area (Å²) < 4.78 is 2.35. The number of nitrogens with one attached hydrogen (secondary N) is 1. The van der Waals surface area contributed by atoms with Gasteiger partial charge in [0.1, 0.15) is 0 Å². The van der Waals surface area contributed by atoms with Crippen LogP contribution in [0.2, 0.25) is 0 Å². The zero-order chi connectivity index (χ0) is 11.5. The van der Waals surface area contributed by atoms with Crippen LogP contribution >= 0.6 is 22.7 Å². The maximum absolute atomic E-state index is 11.8. The first-order valence-electron chi connectivity index (χ1n) is 5.21. The summed E-state index contributed by atoms with van der Waals surface area (Å²) in [5, 5.41) is 4.89. The molecule has 2 aromatic heterocycles. The highest BCUT2D eigenvalue weighted by molar-refractivity contribution is 7.27. The van der Waals surface area contributed by atoms with Gasteiger partial charge in [-0.05, 0) is 23.9 Å². The van der Waals surface area contributed by atoms with Crippen LogP contribution in [0.15, 0.2) is 17.5 Å². The average molecular weight is 254 g/mol. The van der Waals surface area contributed by atoms with Gasteiger partial charge in [0, 0.05) is 22.0 Å². The Hall–Kier alpha value is -0.910. The molecule has 16 heavy (non-hydrogen) atoms. The van der Waals surface area contributed by atoms with Crippen LogP contribution in [0.25, 0.3) is 9.40 Å². The summed E-state index contributed by atoms with van der Waals surface area (Å²) in [6, 6.07) is 4.03. The van der Waals surface area contributed by atoms with Crippen LogP contribution in [-0.4, -0.2) is 18.5 Å². The summed E-state index contributed by atoms with van der Waals surface area (Å²) in [6.45, 7) is 2.55. The van der Waals surface area contributed by atoms with Gasteiger partial charge in [-0.25, -0.2) is 0 Å². The Morgan fingerprint density at radius 1 is 1.56 bits per heavy atom. The van der Waals surface area contributed by atoms with Crippen molar-refractivity contribution in [2.45, 2.75) is 19.4 Å². The molecular weight excluding hydrogens is 240 g/mol. The lowest BCUT2D eigenvalue weighted by Crippen LogP contribution is -2.36. The molecular formula is C11H14N2OS2. The number of carbonyl (C=O) groups is 1. The van der Waals surface area contributed by atoms with Gasteiger partial charge in [-0.15, -0.1) is 22.7 Å². The molecule has 0 aromatic carbocycles. The minimum atomic E-state index is -0.0164. The molecule has 0 aliphatic rings. The Morgan fingerprint density at radius 3 is 3.06 bits per heavy atom. The molecule has 1 unspecified atom stereocenters. The Morgan fingerprint density at radius 2 is 2.38 bits per heavy atom. The van der Waals surface area contributed by atoms with E-state index in [0.717, 1.165) is 11.3 Å². The highest BCUT2D eigenvalue weighted by Gasteiger charge is 2.11. The maximum atomic E-state index is 11.8. The van der Waals surface area contributed by atoms with Crippen LogP contribution in [0.4, 0.5) is 0 Å². The summed E-state index contributed by atoms with van der Waals surface area (Å²) in [5.74, 6) is -0.0164. The molecule has 0 saturated heterocycles. The minimum Gasteiger partial charge on any atom is -0.350 e. The first kappa shape index (κ1) is 11.6. The molecule has 0 aliphatic carbocycles. The fourth-order valence-electron chi connectivity index (χ4n) is 1.33. The van der Waals surface area contributed by atoms with Crippen molar-refractivity contribution in [1.29, 1.82) is 0 Å². The van der Waals surface area contributed by atoms with Crippen LogP contribution in [0.3, 0.4) is 0 Å². The van der Waals surface area contributed by atoms with E-state index in [0.29, 0.717) is 6.54 Å². The van der Waals surface area contributed by atoms with Crippen molar-refractivity contribution >= 4 is 38.0 Å². The average Bonchev–Trinajstić information content (AvgIpc) is 2.85. The highest BCUT2D eigenvalue weighted by atomic mass is 32.1. The fourth-order valence-corrected chi connectivity index (χ4v) is 3.36. The zero-order valence-corrected chi connectivity index (χ0v) is 10.7. The second kappa shape index (κ2) is 4.95. The molecule has 0 radical (unpaired) electrons. The molecule has 1 atom stereocenters. The second-order valence-corrected chi connectivity index (χ2v) is 5.67. The fraction of sp³-hybridized carbons (Fsp3) is 0.364. The van der Waals surface area contributed by atoms with Crippen molar-refractivity contribution in [3.63, 3.8) is 0 Å². The summed E-state index contributed by atoms with van der Waals surface area (Å²) in [5.41, 5.74) is 5.75. The Balaban J connectivity index is 2.02. The van der Waals surface area contributed by atoms with E-state index in [1.165, 1.54) is 20.7 Å². The largest absolute Gasteiger partial charge is 0.350 e. The topological polar surface area (TPSA) is 55.1 Å². The summed E-state index contributed by atoms with van der Waals surface area (Å²) in [4.78, 5) is 12.5. The van der Waals surface area contributed by atoms with E-state index in [1.54, 1.807) is 11.3 Å². The van der Waals surface area contributed by atoms with E-state index < -0.39 is 0 Å². The van der Waals surface area contributed by atoms with E-state index in [4.69, 9.17) is 5.73 Å². The quantitative estimate of drug-likeness (QED) is 0.880. The molecule has 1 amide bonds. The van der Waals surface area contributed by atoms with Crippen molar-refractivity contribution in [3.05, 3.63) is 22.4 Å². The van der Waals surface area contributed by atoms with Crippen LogP contribution < -0.4 is 11.1 Å². The molecule has 2 aromatic rings. The van der Waals surface area contributed by atoms with Gasteiger partial charge in [0.15, 0.2) is 0 Å². The second-order valence-electron chi connectivity index (χ2n) is 3.64. The number of thiophene rings is 2. The van der Waals surface area contributed by atoms with E-state index in [2.05, 4.69) is 5.32 Å². The molecule has 86 valence electrons. The SMILES string of the molecule is CCC(N)CNC(=O)c1cc2sccc2s1. The van der Waals surface area contributed by atoms with Gasteiger partial charge in [0.25, 0.3) is 5.91 Å². The third kappa shape index (κ3) is 2.42. The molecule has 2 rings (SSSR count). The van der Waals surface area contributed by atoms with Gasteiger partial charge in [0.2, 0.25) is 0 Å². The molecule has 5 heteroatoms. The molecule has 0 aliphatic heterocycles. The van der Waals surface area contributed by atoms with Crippen molar-refractivity contribution in [2.24, 2.45) is 5.73 Å². The van der Waals surface area contributed by atoms with Gasteiger partial charge in [-0.1, -0.05) is 6.92 Å². The van der Waals surface area contributed by atoms with Crippen molar-refractivity contribution in [1.82, 2.24) is 5.32 Å². The molecule has 0 saturated carbocycles. The predicted octanol–water partition coefficient (Wildman–Crippen LogP) is 2.43. The van der Waals surface area contributed by atoms with Gasteiger partial charge < -0.3 is 11.1 Å². The lowest BCUT2D eigenvalue weighted by atomic mass is 10.2. The van der Waals surface area contributed by atoms with E-state index in [1.807, 2.05) is 24.4 Å². The Labute approximate surface area is 102 Å². The number of carbonyl (C=O) groups excluding carboxylic acids is 1. The number of rotatable bonds is 4. The molecule has 0 fully saturated rings. The van der Waals surface area contributed by atoms with Gasteiger partial charge in [0.05, 0.1) is 4.88 Å². The molecule has 3 N–H and O–H groups in total. The van der Waals surface area contributed by atoms with Crippen molar-refractivity contribution in [2.75, 3.05) is 6.54 Å². The molecule has 0 bridgehead atoms. The Kier molecular flexibility index (Phi) is 3.58.